The van der Waals surface area contributed by atoms with Crippen molar-refractivity contribution >= 4 is 22.9 Å². The number of nitrogens with zero attached hydrogens (tertiary/aromatic N) is 3. The molecule has 130 valence electrons. The summed E-state index contributed by atoms with van der Waals surface area (Å²) in [5, 5.41) is 6.95. The Labute approximate surface area is 142 Å². The Hall–Kier alpha value is -3.03. The topological polar surface area (TPSA) is 92.7 Å². The maximum Gasteiger partial charge on any atom is 0.263 e. The van der Waals surface area contributed by atoms with Gasteiger partial charge in [0.15, 0.2) is 5.65 Å². The number of hydrogen-bond donors (Lipinski definition) is 2. The highest BCUT2D eigenvalue weighted by molar-refractivity contribution is 5.91. The molecular weight excluding hydrogens is 325 g/mol. The number of fused-ring (bicyclic) bond motifs is 1. The van der Waals surface area contributed by atoms with Crippen LogP contribution in [0.15, 0.2) is 35.3 Å². The number of halogens is 1. The zero-order valence-electron chi connectivity index (χ0n) is 13.9. The molecule has 2 N–H and O–H groups in total. The van der Waals surface area contributed by atoms with Crippen LogP contribution in [0.2, 0.25) is 0 Å². The molecule has 1 unspecified atom stereocenters. The molecule has 0 saturated heterocycles. The molecule has 1 aromatic carbocycles. The van der Waals surface area contributed by atoms with Crippen LogP contribution in [-0.2, 0) is 18.3 Å². The Bertz CT molecular complexity index is 979. The Morgan fingerprint density at radius 3 is 3.00 bits per heavy atom. The van der Waals surface area contributed by atoms with Crippen LogP contribution < -0.4 is 10.9 Å². The van der Waals surface area contributed by atoms with E-state index in [2.05, 4.69) is 20.4 Å². The van der Waals surface area contributed by atoms with E-state index in [9.17, 15) is 14.0 Å². The second-order valence-corrected chi connectivity index (χ2v) is 5.98. The summed E-state index contributed by atoms with van der Waals surface area (Å²) >= 11 is 0. The van der Waals surface area contributed by atoms with Gasteiger partial charge in [-0.25, -0.2) is 4.39 Å². The van der Waals surface area contributed by atoms with E-state index in [1.54, 1.807) is 20.0 Å². The summed E-state index contributed by atoms with van der Waals surface area (Å²) < 4.78 is 14.6. The maximum atomic E-state index is 13.2. The fourth-order valence-corrected chi connectivity index (χ4v) is 2.54. The first-order chi connectivity index (χ1) is 11.9. The fraction of sp³-hybridized carbons (Fsp3) is 0.294. The van der Waals surface area contributed by atoms with Gasteiger partial charge in [-0.15, -0.1) is 0 Å². The molecule has 25 heavy (non-hydrogen) atoms. The summed E-state index contributed by atoms with van der Waals surface area (Å²) in [6.45, 7) is 1.77. The van der Waals surface area contributed by atoms with Crippen molar-refractivity contribution in [1.82, 2.24) is 19.7 Å². The predicted octanol–water partition coefficient (Wildman–Crippen LogP) is 2.00. The van der Waals surface area contributed by atoms with E-state index in [1.807, 2.05) is 6.07 Å². The zero-order valence-corrected chi connectivity index (χ0v) is 13.9. The van der Waals surface area contributed by atoms with E-state index in [4.69, 9.17) is 0 Å². The van der Waals surface area contributed by atoms with Crippen molar-refractivity contribution in [2.45, 2.75) is 19.8 Å². The molecule has 0 aliphatic heterocycles. The lowest BCUT2D eigenvalue weighted by Crippen LogP contribution is -2.24. The third-order valence-corrected chi connectivity index (χ3v) is 4.05. The minimum absolute atomic E-state index is 0.0868. The molecule has 0 fully saturated rings. The number of aryl methyl sites for hydroxylation is 2. The maximum absolute atomic E-state index is 13.2. The van der Waals surface area contributed by atoms with Gasteiger partial charge in [0, 0.05) is 13.0 Å². The first-order valence-electron chi connectivity index (χ1n) is 7.91. The lowest BCUT2D eigenvalue weighted by atomic mass is 10.0. The van der Waals surface area contributed by atoms with Crippen LogP contribution in [0, 0.1) is 11.7 Å². The Morgan fingerprint density at radius 1 is 1.44 bits per heavy atom. The van der Waals surface area contributed by atoms with Crippen LogP contribution in [-0.4, -0.2) is 25.7 Å². The Kier molecular flexibility index (Phi) is 4.60. The number of benzene rings is 1. The van der Waals surface area contributed by atoms with Gasteiger partial charge in [-0.1, -0.05) is 19.1 Å². The van der Waals surface area contributed by atoms with Gasteiger partial charge < -0.3 is 0 Å². The molecule has 3 rings (SSSR count). The number of nitrogens with one attached hydrogen (secondary N) is 2. The van der Waals surface area contributed by atoms with E-state index in [0.717, 1.165) is 5.56 Å². The van der Waals surface area contributed by atoms with Crippen molar-refractivity contribution in [2.24, 2.45) is 13.0 Å². The monoisotopic (exact) mass is 343 g/mol. The number of H-pyrrole nitrogens is 1. The molecule has 0 aliphatic carbocycles. The van der Waals surface area contributed by atoms with Crippen molar-refractivity contribution in [3.63, 3.8) is 0 Å². The number of carbonyl (C=O) groups excluding carboxylic acids is 1. The van der Waals surface area contributed by atoms with Gasteiger partial charge in [0.2, 0.25) is 11.9 Å². The fourth-order valence-electron chi connectivity index (χ4n) is 2.54. The number of anilines is 1. The van der Waals surface area contributed by atoms with Crippen LogP contribution in [0.1, 0.15) is 18.9 Å². The highest BCUT2D eigenvalue weighted by atomic mass is 19.1. The molecule has 2 aromatic heterocycles. The zero-order chi connectivity index (χ0) is 18.0. The Morgan fingerprint density at radius 2 is 2.24 bits per heavy atom. The van der Waals surface area contributed by atoms with Gasteiger partial charge in [0.25, 0.3) is 5.56 Å². The summed E-state index contributed by atoms with van der Waals surface area (Å²) in [5.74, 6) is -0.790. The minimum atomic E-state index is -0.360. The van der Waals surface area contributed by atoms with Crippen LogP contribution in [0.3, 0.4) is 0 Å². The van der Waals surface area contributed by atoms with Crippen LogP contribution >= 0.6 is 0 Å². The first-order valence-corrected chi connectivity index (χ1v) is 7.91. The van der Waals surface area contributed by atoms with E-state index >= 15 is 0 Å². The number of carbonyl (C=O) groups is 1. The standard InChI is InChI=1S/C17H18FN5O2/c1-10(6-7-11-4-3-5-12(18)8-11)15(24)21-17-20-14-13(16(25)22-17)9-19-23(14)2/h3-5,8-10H,6-7H2,1-2H3,(H2,20,21,22,24,25). The molecule has 0 bridgehead atoms. The number of rotatable bonds is 5. The lowest BCUT2D eigenvalue weighted by Gasteiger charge is -2.11. The molecule has 0 aliphatic rings. The van der Waals surface area contributed by atoms with E-state index in [1.165, 1.54) is 23.0 Å². The number of hydrogen-bond acceptors (Lipinski definition) is 4. The first kappa shape index (κ1) is 16.8. The van der Waals surface area contributed by atoms with Crippen molar-refractivity contribution in [3.8, 4) is 0 Å². The molecule has 8 heteroatoms. The van der Waals surface area contributed by atoms with Gasteiger partial charge >= 0.3 is 0 Å². The number of aromatic nitrogens is 4. The smallest absolute Gasteiger partial charge is 0.263 e. The van der Waals surface area contributed by atoms with Crippen molar-refractivity contribution < 1.29 is 9.18 Å². The molecule has 0 saturated carbocycles. The summed E-state index contributed by atoms with van der Waals surface area (Å²) in [6, 6.07) is 6.31. The van der Waals surface area contributed by atoms with Gasteiger partial charge in [0.05, 0.1) is 6.20 Å². The average molecular weight is 343 g/mol. The highest BCUT2D eigenvalue weighted by Gasteiger charge is 2.16. The van der Waals surface area contributed by atoms with Crippen LogP contribution in [0.25, 0.3) is 11.0 Å². The van der Waals surface area contributed by atoms with Gasteiger partial charge in [-0.3, -0.25) is 24.6 Å². The number of amides is 1. The lowest BCUT2D eigenvalue weighted by molar-refractivity contribution is -0.119. The van der Waals surface area contributed by atoms with Crippen molar-refractivity contribution in [2.75, 3.05) is 5.32 Å². The Balaban J connectivity index is 1.67. The molecular formula is C17H18FN5O2. The van der Waals surface area contributed by atoms with Gasteiger partial charge in [-0.2, -0.15) is 10.1 Å². The minimum Gasteiger partial charge on any atom is -0.296 e. The van der Waals surface area contributed by atoms with Gasteiger partial charge in [-0.05, 0) is 30.5 Å². The average Bonchev–Trinajstić information content (AvgIpc) is 2.94. The van der Waals surface area contributed by atoms with Crippen molar-refractivity contribution in [1.29, 1.82) is 0 Å². The van der Waals surface area contributed by atoms with Crippen LogP contribution in [0.4, 0.5) is 10.3 Å². The largest absolute Gasteiger partial charge is 0.296 e. The van der Waals surface area contributed by atoms with E-state index in [0.29, 0.717) is 23.9 Å². The van der Waals surface area contributed by atoms with Gasteiger partial charge in [0.1, 0.15) is 11.2 Å². The predicted molar refractivity (Wildman–Crippen MR) is 91.6 cm³/mol. The quantitative estimate of drug-likeness (QED) is 0.741. The second-order valence-electron chi connectivity index (χ2n) is 5.98. The van der Waals surface area contributed by atoms with E-state index < -0.39 is 0 Å². The summed E-state index contributed by atoms with van der Waals surface area (Å²) in [7, 11) is 1.67. The SMILES string of the molecule is CC(CCc1cccc(F)c1)C(=O)Nc1nc2c(cnn2C)c(=O)[nH]1. The van der Waals surface area contributed by atoms with E-state index in [-0.39, 0.29) is 29.1 Å². The molecule has 1 atom stereocenters. The normalized spacial score (nSPS) is 12.3. The molecule has 1 amide bonds. The third-order valence-electron chi connectivity index (χ3n) is 4.05. The molecule has 2 heterocycles. The number of aromatic amines is 1. The van der Waals surface area contributed by atoms with Crippen molar-refractivity contribution in [3.05, 3.63) is 52.2 Å². The molecule has 0 spiro atoms. The summed E-state index contributed by atoms with van der Waals surface area (Å²) in [4.78, 5) is 31.0. The van der Waals surface area contributed by atoms with Crippen LogP contribution in [0.5, 0.6) is 0 Å². The highest BCUT2D eigenvalue weighted by Crippen LogP contribution is 2.13. The second kappa shape index (κ2) is 6.84. The molecule has 3 aromatic rings. The molecule has 7 nitrogen and oxygen atoms in total. The summed E-state index contributed by atoms with van der Waals surface area (Å²) in [6.07, 6.45) is 2.55. The molecule has 0 radical (unpaired) electrons. The third kappa shape index (κ3) is 3.73. The summed E-state index contributed by atoms with van der Waals surface area (Å²) in [5.41, 5.74) is 0.870.